The van der Waals surface area contributed by atoms with Gasteiger partial charge in [-0.05, 0) is 52.1 Å². The molecule has 1 aromatic carbocycles. The smallest absolute Gasteiger partial charge is 0.396 e. The van der Waals surface area contributed by atoms with Crippen molar-refractivity contribution in [2.45, 2.75) is 94.7 Å². The van der Waals surface area contributed by atoms with Gasteiger partial charge >= 0.3 is 6.18 Å². The molecular weight excluding hydrogens is 732 g/mol. The lowest BCUT2D eigenvalue weighted by Crippen LogP contribution is -2.40. The van der Waals surface area contributed by atoms with Crippen LogP contribution in [0.4, 0.5) is 29.1 Å². The molecule has 4 aliphatic heterocycles. The minimum absolute atomic E-state index is 0.0683. The summed E-state index contributed by atoms with van der Waals surface area (Å²) in [4.78, 5) is 28.9. The summed E-state index contributed by atoms with van der Waals surface area (Å²) < 4.78 is 67.7. The molecule has 53 heavy (non-hydrogen) atoms. The van der Waals surface area contributed by atoms with E-state index in [-0.39, 0.29) is 47.8 Å². The molecule has 0 unspecified atom stereocenters. The first-order valence-electron chi connectivity index (χ1n) is 17.5. The van der Waals surface area contributed by atoms with Crippen LogP contribution >= 0.6 is 23.4 Å². The zero-order valence-electron chi connectivity index (χ0n) is 30.0. The molecule has 1 amide bonds. The minimum Gasteiger partial charge on any atom is -0.396 e. The third-order valence-corrected chi connectivity index (χ3v) is 12.3. The highest BCUT2D eigenvalue weighted by Gasteiger charge is 2.46. The number of benzene rings is 1. The first-order valence-corrected chi connectivity index (χ1v) is 18.9. The second-order valence-electron chi connectivity index (χ2n) is 14.5. The van der Waals surface area contributed by atoms with Crippen LogP contribution in [0.3, 0.4) is 0 Å². The van der Waals surface area contributed by atoms with Gasteiger partial charge in [0.05, 0.1) is 46.9 Å². The molecule has 7 rings (SSSR count). The minimum atomic E-state index is -4.93. The number of halogens is 5. The molecule has 3 aromatic rings. The third kappa shape index (κ3) is 6.77. The Labute approximate surface area is 315 Å². The fraction of sp³-hybridized carbons (Fsp3) is 0.514. The normalized spacial score (nSPS) is 22.9. The molecule has 0 aliphatic carbocycles. The van der Waals surface area contributed by atoms with Gasteiger partial charge in [-0.3, -0.25) is 14.4 Å². The lowest BCUT2D eigenvalue weighted by molar-refractivity contribution is -0.140. The number of anilines is 2. The molecular formula is C37H41ClF4N8O2S. The number of fused-ring (bicyclic) bond motifs is 3. The van der Waals surface area contributed by atoms with Crippen LogP contribution in [-0.4, -0.2) is 80.0 Å². The van der Waals surface area contributed by atoms with Gasteiger partial charge in [0.25, 0.3) is 5.91 Å². The standard InChI is InChI=1S/C37H41ClF4N8O2S/c1-6-8-22-13-24(43)31(39)28(29(22)37(40,41)42)27-14-25-23(18-52-27)33(45-35(44-25)53-19-36-10-7-11-48(36)16-20(2)15-36)49-17-26-30(38)32(34(51)47(4)5)46-50(26)12-9-21(49)3/h13,21,27H,2,7,9-12,14-19,43H2,1,3-5H3/t21-,27-,36+/m1/s1. The average molecular weight is 773 g/mol. The van der Waals surface area contributed by atoms with Gasteiger partial charge in [-0.25, -0.2) is 14.4 Å². The lowest BCUT2D eigenvalue weighted by atomic mass is 9.90. The van der Waals surface area contributed by atoms with E-state index in [9.17, 15) is 18.0 Å². The molecule has 6 heterocycles. The van der Waals surface area contributed by atoms with E-state index >= 15 is 4.39 Å². The Morgan fingerprint density at radius 2 is 2.04 bits per heavy atom. The Morgan fingerprint density at radius 3 is 2.75 bits per heavy atom. The summed E-state index contributed by atoms with van der Waals surface area (Å²) >= 11 is 8.34. The second-order valence-corrected chi connectivity index (χ2v) is 15.8. The van der Waals surface area contributed by atoms with Crippen molar-refractivity contribution in [3.05, 3.63) is 68.4 Å². The number of thioether (sulfide) groups is 1. The summed E-state index contributed by atoms with van der Waals surface area (Å²) in [6.45, 7) is 10.1. The number of carbonyl (C=O) groups is 1. The molecule has 2 saturated heterocycles. The predicted octanol–water partition coefficient (Wildman–Crippen LogP) is 6.64. The molecule has 282 valence electrons. The Hall–Kier alpha value is -3.84. The van der Waals surface area contributed by atoms with Crippen LogP contribution in [0.5, 0.6) is 0 Å². The molecule has 0 spiro atoms. The molecule has 3 atom stereocenters. The second kappa shape index (κ2) is 14.1. The summed E-state index contributed by atoms with van der Waals surface area (Å²) in [5, 5.41) is 5.27. The van der Waals surface area contributed by atoms with Crippen molar-refractivity contribution in [3.63, 3.8) is 0 Å². The number of nitrogen functional groups attached to an aromatic ring is 1. The first kappa shape index (κ1) is 37.5. The summed E-state index contributed by atoms with van der Waals surface area (Å²) in [6.07, 6.45) is -2.82. The number of amides is 1. The van der Waals surface area contributed by atoms with Crippen molar-refractivity contribution in [1.29, 1.82) is 0 Å². The van der Waals surface area contributed by atoms with E-state index in [0.717, 1.165) is 38.4 Å². The van der Waals surface area contributed by atoms with Crippen molar-refractivity contribution in [1.82, 2.24) is 29.5 Å². The highest BCUT2D eigenvalue weighted by Crippen LogP contribution is 2.47. The SMILES string of the molecule is C=C1CN2CCC[C@@]2(CSc2nc3c(c(N4Cc5c(Cl)c(C(=O)N(C)C)nn5CC[C@H]4C)n2)CO[C@@H](c2c(F)c(N)cc(C#CC)c2C(F)(F)F)C3)C1. The molecule has 0 saturated carbocycles. The Morgan fingerprint density at radius 1 is 1.26 bits per heavy atom. The van der Waals surface area contributed by atoms with Crippen molar-refractivity contribution >= 4 is 40.8 Å². The number of carbonyl (C=O) groups excluding carboxylic acids is 1. The number of aromatic nitrogens is 4. The first-order chi connectivity index (χ1) is 25.1. The number of nitrogens with zero attached hydrogens (tertiary/aromatic N) is 7. The molecule has 2 N–H and O–H groups in total. The molecule has 2 aromatic heterocycles. The van der Waals surface area contributed by atoms with E-state index in [1.54, 1.807) is 18.8 Å². The number of ether oxygens (including phenoxy) is 1. The number of aryl methyl sites for hydroxylation is 1. The van der Waals surface area contributed by atoms with Crippen LogP contribution in [-0.2, 0) is 37.0 Å². The molecule has 4 aliphatic rings. The maximum Gasteiger partial charge on any atom is 0.418 e. The number of alkyl halides is 3. The number of rotatable bonds is 6. The zero-order valence-corrected chi connectivity index (χ0v) is 31.6. The Balaban J connectivity index is 1.32. The van der Waals surface area contributed by atoms with Crippen LogP contribution < -0.4 is 10.6 Å². The number of hydrogen-bond donors (Lipinski definition) is 1. The molecule has 16 heteroatoms. The van der Waals surface area contributed by atoms with Gasteiger partial charge in [-0.15, -0.1) is 5.92 Å². The van der Waals surface area contributed by atoms with E-state index < -0.39 is 40.5 Å². The fourth-order valence-electron chi connectivity index (χ4n) is 8.13. The van der Waals surface area contributed by atoms with Gasteiger partial charge in [0.2, 0.25) is 0 Å². The van der Waals surface area contributed by atoms with Gasteiger partial charge in [0.15, 0.2) is 16.7 Å². The molecule has 10 nitrogen and oxygen atoms in total. The summed E-state index contributed by atoms with van der Waals surface area (Å²) in [5.41, 5.74) is 6.15. The van der Waals surface area contributed by atoms with E-state index in [2.05, 4.69) is 33.3 Å². The average Bonchev–Trinajstić information content (AvgIpc) is 3.69. The Kier molecular flexibility index (Phi) is 9.97. The number of nitrogens with two attached hydrogens (primary N) is 1. The van der Waals surface area contributed by atoms with Crippen molar-refractivity contribution in [2.24, 2.45) is 0 Å². The number of hydrogen-bond acceptors (Lipinski definition) is 9. The van der Waals surface area contributed by atoms with Gasteiger partial charge in [0, 0.05) is 67.6 Å². The topological polar surface area (TPSA) is 106 Å². The van der Waals surface area contributed by atoms with E-state index in [1.807, 2.05) is 6.92 Å². The largest absolute Gasteiger partial charge is 0.418 e. The van der Waals surface area contributed by atoms with Crippen LogP contribution in [0.1, 0.15) is 89.8 Å². The van der Waals surface area contributed by atoms with E-state index in [1.165, 1.54) is 29.2 Å². The fourth-order valence-corrected chi connectivity index (χ4v) is 9.56. The maximum absolute atomic E-state index is 15.8. The Bertz CT molecular complexity index is 2060. The molecule has 0 bridgehead atoms. The van der Waals surface area contributed by atoms with Crippen molar-refractivity contribution in [3.8, 4) is 11.8 Å². The molecule has 0 radical (unpaired) electrons. The van der Waals surface area contributed by atoms with Crippen LogP contribution in [0.25, 0.3) is 0 Å². The van der Waals surface area contributed by atoms with Gasteiger partial charge in [0.1, 0.15) is 5.82 Å². The van der Waals surface area contributed by atoms with E-state index in [4.69, 9.17) is 32.0 Å². The van der Waals surface area contributed by atoms with Crippen molar-refractivity contribution in [2.75, 3.05) is 43.6 Å². The quantitative estimate of drug-likeness (QED) is 0.0738. The third-order valence-electron chi connectivity index (χ3n) is 10.7. The monoisotopic (exact) mass is 772 g/mol. The highest BCUT2D eigenvalue weighted by molar-refractivity contribution is 7.99. The van der Waals surface area contributed by atoms with Gasteiger partial charge in [-0.1, -0.05) is 41.4 Å². The lowest BCUT2D eigenvalue weighted by Gasteiger charge is -2.35. The van der Waals surface area contributed by atoms with Crippen LogP contribution in [0, 0.1) is 17.7 Å². The summed E-state index contributed by atoms with van der Waals surface area (Å²) in [6, 6.07) is 0.831. The predicted molar refractivity (Wildman–Crippen MR) is 195 cm³/mol. The summed E-state index contributed by atoms with van der Waals surface area (Å²) in [7, 11) is 3.27. The van der Waals surface area contributed by atoms with Gasteiger partial charge < -0.3 is 20.3 Å². The van der Waals surface area contributed by atoms with E-state index in [0.29, 0.717) is 46.6 Å². The van der Waals surface area contributed by atoms with Gasteiger partial charge in [-0.2, -0.15) is 18.3 Å². The van der Waals surface area contributed by atoms with Crippen molar-refractivity contribution < 1.29 is 27.1 Å². The van der Waals surface area contributed by atoms with Crippen LogP contribution in [0.15, 0.2) is 23.4 Å². The summed E-state index contributed by atoms with van der Waals surface area (Å²) in [5.74, 6) is 4.69. The highest BCUT2D eigenvalue weighted by atomic mass is 35.5. The zero-order chi connectivity index (χ0) is 38.0. The maximum atomic E-state index is 15.8. The van der Waals surface area contributed by atoms with Crippen LogP contribution in [0.2, 0.25) is 5.02 Å². The molecule has 2 fully saturated rings.